The Morgan fingerprint density at radius 1 is 1.09 bits per heavy atom. The van der Waals surface area contributed by atoms with E-state index in [0.717, 1.165) is 11.1 Å². The average Bonchev–Trinajstić information content (AvgIpc) is 2.26. The quantitative estimate of drug-likeness (QED) is 0.423. The van der Waals surface area contributed by atoms with E-state index in [4.69, 9.17) is 0 Å². The van der Waals surface area contributed by atoms with Crippen LogP contribution in [-0.2, 0) is 6.54 Å². The van der Waals surface area contributed by atoms with Crippen LogP contribution in [0.4, 0.5) is 30.4 Å². The van der Waals surface area contributed by atoms with Gasteiger partial charge in [0.05, 0.1) is 20.0 Å². The fraction of sp³-hybridized carbons (Fsp3) is 0.538. The predicted molar refractivity (Wildman–Crippen MR) is 70.6 cm³/mol. The number of halogens is 7. The van der Waals surface area contributed by atoms with Crippen molar-refractivity contribution in [1.29, 1.82) is 0 Å². The summed E-state index contributed by atoms with van der Waals surface area (Å²) in [7, 11) is -4.30. The van der Waals surface area contributed by atoms with Crippen LogP contribution in [0.3, 0.4) is 0 Å². The molecule has 2 atom stereocenters. The van der Waals surface area contributed by atoms with E-state index >= 15 is 0 Å². The van der Waals surface area contributed by atoms with Crippen molar-refractivity contribution in [3.63, 3.8) is 0 Å². The first-order valence-corrected chi connectivity index (χ1v) is 6.65. The monoisotopic (exact) mass is 331 g/mol. The molecular weight excluding hydrogens is 314 g/mol. The number of quaternary nitrogens is 1. The van der Waals surface area contributed by atoms with Crippen LogP contribution < -0.4 is 0 Å². The predicted octanol–water partition coefficient (Wildman–Crippen LogP) is 4.58. The van der Waals surface area contributed by atoms with Gasteiger partial charge in [0.2, 0.25) is 0 Å². The molecule has 22 heavy (non-hydrogen) atoms. The molecule has 9 heteroatoms. The van der Waals surface area contributed by atoms with Gasteiger partial charge in [-0.25, -0.2) is 0 Å². The molecule has 1 aromatic carbocycles. The second-order valence-electron chi connectivity index (χ2n) is 5.69. The van der Waals surface area contributed by atoms with E-state index in [-0.39, 0.29) is 10.9 Å². The first kappa shape index (κ1) is 18.8. The number of hydrogen-bond acceptors (Lipinski definition) is 0. The summed E-state index contributed by atoms with van der Waals surface area (Å²) in [6, 6.07) is 6.55. The molecule has 0 aromatic heterocycles. The molecule has 1 aliphatic rings. The van der Waals surface area contributed by atoms with Crippen LogP contribution >= 0.6 is 0 Å². The molecule has 0 bridgehead atoms. The number of aryl methyl sites for hydroxylation is 1. The molecule has 2 rings (SSSR count). The van der Waals surface area contributed by atoms with Gasteiger partial charge in [-0.2, -0.15) is 13.2 Å². The van der Waals surface area contributed by atoms with Crippen molar-refractivity contribution in [2.45, 2.75) is 32.1 Å². The van der Waals surface area contributed by atoms with E-state index in [1.54, 1.807) is 7.05 Å². The Morgan fingerprint density at radius 3 is 1.86 bits per heavy atom. The van der Waals surface area contributed by atoms with Crippen molar-refractivity contribution in [2.24, 2.45) is 0 Å². The summed E-state index contributed by atoms with van der Waals surface area (Å²) < 4.78 is 77.3. The molecule has 0 N–H and O–H groups in total. The van der Waals surface area contributed by atoms with Gasteiger partial charge in [-0.05, 0) is 6.92 Å². The lowest BCUT2D eigenvalue weighted by atomic mass is 9.96. The zero-order valence-corrected chi connectivity index (χ0v) is 12.2. The van der Waals surface area contributed by atoms with Crippen molar-refractivity contribution in [3.05, 3.63) is 35.4 Å². The van der Waals surface area contributed by atoms with Crippen molar-refractivity contribution < 1.29 is 34.9 Å². The third kappa shape index (κ3) is 5.86. The summed E-state index contributed by atoms with van der Waals surface area (Å²) in [5.74, 6) is 0. The fourth-order valence-corrected chi connectivity index (χ4v) is 2.52. The molecule has 0 saturated carbocycles. The molecule has 0 aliphatic carbocycles. The Morgan fingerprint density at radius 2 is 1.55 bits per heavy atom. The molecule has 1 aliphatic heterocycles. The Bertz CT molecular complexity index is 477. The smallest absolute Gasteiger partial charge is 0.418 e. The summed E-state index contributed by atoms with van der Waals surface area (Å²) in [5.41, 5.74) is 2.11. The molecule has 0 amide bonds. The van der Waals surface area contributed by atoms with E-state index in [1.165, 1.54) is 0 Å². The zero-order valence-electron chi connectivity index (χ0n) is 12.2. The lowest BCUT2D eigenvalue weighted by Gasteiger charge is -2.50. The third-order valence-electron chi connectivity index (χ3n) is 3.71. The fourth-order valence-electron chi connectivity index (χ4n) is 2.52. The number of alkyl halides is 3. The maximum absolute atomic E-state index is 12.7. The first-order valence-electron chi connectivity index (χ1n) is 6.65. The minimum absolute atomic E-state index is 0.0898. The van der Waals surface area contributed by atoms with Gasteiger partial charge >= 0.3 is 13.4 Å². The van der Waals surface area contributed by atoms with Gasteiger partial charge in [0.15, 0.2) is 6.04 Å². The average molecular weight is 331 g/mol. The SMILES string of the molecule is Cc1ccc(C[N+]2(C)CCC2C(F)(F)F)cc1.F[B-](F)(F)F. The van der Waals surface area contributed by atoms with Gasteiger partial charge in [-0.3, -0.25) is 0 Å². The Labute approximate surface area is 124 Å². The lowest BCUT2D eigenvalue weighted by molar-refractivity contribution is -0.995. The van der Waals surface area contributed by atoms with Gasteiger partial charge in [0.25, 0.3) is 0 Å². The van der Waals surface area contributed by atoms with Gasteiger partial charge in [0.1, 0.15) is 6.54 Å². The van der Waals surface area contributed by atoms with Crippen molar-refractivity contribution in [3.8, 4) is 0 Å². The lowest BCUT2D eigenvalue weighted by Crippen LogP contribution is -2.67. The van der Waals surface area contributed by atoms with Crippen LogP contribution in [0.2, 0.25) is 0 Å². The Balaban J connectivity index is 0.000000422. The molecule has 1 nitrogen and oxygen atoms in total. The number of nitrogens with zero attached hydrogens (tertiary/aromatic N) is 1. The highest BCUT2D eigenvalue weighted by molar-refractivity contribution is 6.50. The molecule has 2 unspecified atom stereocenters. The standard InChI is InChI=1S/C13H17F3N.BF4/c1-10-3-5-11(6-4-10)9-17(2)8-7-12(17)13(14,15)16;2-1(3,4)5/h3-6,12H,7-9H2,1-2H3;/q+1;-1. The maximum atomic E-state index is 12.7. The van der Waals surface area contributed by atoms with Crippen LogP contribution in [0.25, 0.3) is 0 Å². The second-order valence-corrected chi connectivity index (χ2v) is 5.69. The highest BCUT2D eigenvalue weighted by Gasteiger charge is 2.58. The summed E-state index contributed by atoms with van der Waals surface area (Å²) >= 11 is 0. The van der Waals surface area contributed by atoms with Crippen LogP contribution in [0, 0.1) is 6.92 Å². The van der Waals surface area contributed by atoms with Crippen LogP contribution in [-0.4, -0.2) is 37.5 Å². The number of hydrogen-bond donors (Lipinski definition) is 0. The number of benzene rings is 1. The Kier molecular flexibility index (Phi) is 5.54. The Hall–Kier alpha value is -1.25. The van der Waals surface area contributed by atoms with Crippen LogP contribution in [0.1, 0.15) is 17.5 Å². The summed E-state index contributed by atoms with van der Waals surface area (Å²) in [6.45, 7) is 3.05. The largest absolute Gasteiger partial charge is 0.673 e. The molecule has 126 valence electrons. The van der Waals surface area contributed by atoms with Gasteiger partial charge in [0, 0.05) is 5.56 Å². The summed E-state index contributed by atoms with van der Waals surface area (Å²) in [5, 5.41) is 0. The molecule has 1 saturated heterocycles. The van der Waals surface area contributed by atoms with Gasteiger partial charge in [-0.1, -0.05) is 29.8 Å². The molecule has 0 radical (unpaired) electrons. The van der Waals surface area contributed by atoms with Crippen LogP contribution in [0.5, 0.6) is 0 Å². The molecule has 0 spiro atoms. The van der Waals surface area contributed by atoms with Crippen molar-refractivity contribution in [2.75, 3.05) is 13.6 Å². The van der Waals surface area contributed by atoms with E-state index in [0.29, 0.717) is 13.1 Å². The summed E-state index contributed by atoms with van der Waals surface area (Å²) in [6.07, 6.45) is -3.82. The maximum Gasteiger partial charge on any atom is 0.673 e. The van der Waals surface area contributed by atoms with Gasteiger partial charge in [-0.15, -0.1) is 0 Å². The zero-order chi connectivity index (χ0) is 17.2. The number of likely N-dealkylation sites (tertiary alicyclic amines) is 1. The van der Waals surface area contributed by atoms with E-state index in [1.807, 2.05) is 31.2 Å². The third-order valence-corrected chi connectivity index (χ3v) is 3.71. The van der Waals surface area contributed by atoms with Gasteiger partial charge < -0.3 is 21.7 Å². The number of rotatable bonds is 2. The molecule has 1 fully saturated rings. The van der Waals surface area contributed by atoms with Crippen LogP contribution in [0.15, 0.2) is 24.3 Å². The second kappa shape index (κ2) is 6.48. The molecule has 1 aromatic rings. The highest BCUT2D eigenvalue weighted by atomic mass is 19.5. The first-order chi connectivity index (χ1) is 9.81. The normalized spacial score (nSPS) is 25.0. The molecular formula is C13H17BF7N. The highest BCUT2D eigenvalue weighted by Crippen LogP contribution is 2.39. The minimum atomic E-state index is -6.00. The van der Waals surface area contributed by atoms with Crippen molar-refractivity contribution >= 4 is 7.25 Å². The summed E-state index contributed by atoms with van der Waals surface area (Å²) in [4.78, 5) is 0. The van der Waals surface area contributed by atoms with E-state index in [9.17, 15) is 30.4 Å². The topological polar surface area (TPSA) is 0 Å². The molecule has 1 heterocycles. The minimum Gasteiger partial charge on any atom is -0.418 e. The van der Waals surface area contributed by atoms with E-state index < -0.39 is 19.5 Å². The van der Waals surface area contributed by atoms with E-state index in [2.05, 4.69) is 0 Å². The van der Waals surface area contributed by atoms with Crippen molar-refractivity contribution in [1.82, 2.24) is 0 Å².